The van der Waals surface area contributed by atoms with Gasteiger partial charge in [-0.2, -0.15) is 0 Å². The molecule has 0 radical (unpaired) electrons. The Morgan fingerprint density at radius 2 is 1.90 bits per heavy atom. The van der Waals surface area contributed by atoms with E-state index in [2.05, 4.69) is 0 Å². The van der Waals surface area contributed by atoms with E-state index in [1.807, 2.05) is 31.2 Å². The number of nitrogens with one attached hydrogen (secondary N) is 1. The van der Waals surface area contributed by atoms with Crippen LogP contribution >= 0.6 is 0 Å². The maximum Gasteiger partial charge on any atom is 0.327 e. The molecular formula is C16H21NO3. The molecule has 0 spiro atoms. The number of aliphatic carboxylic acids is 1. The maximum atomic E-state index is 10.4. The standard InChI is InChI=1S/C16H21NO3/c1-2-14(11-18)15(17)10-13-8-6-12(7-9-13)4-3-5-16(19)20/h3,5-9,14,17-18H,2,4,10-11H2,1H3,(H,19,20)/b5-3+,17-15?/t14-/m0/s1. The van der Waals surface area contributed by atoms with Gasteiger partial charge in [-0.05, 0) is 24.0 Å². The van der Waals surface area contributed by atoms with E-state index >= 15 is 0 Å². The molecule has 0 aliphatic rings. The molecule has 108 valence electrons. The van der Waals surface area contributed by atoms with Crippen LogP contribution in [-0.2, 0) is 17.6 Å². The molecule has 1 rings (SSSR count). The second-order valence-corrected chi connectivity index (χ2v) is 4.75. The van der Waals surface area contributed by atoms with Gasteiger partial charge in [0.25, 0.3) is 0 Å². The van der Waals surface area contributed by atoms with Crippen LogP contribution in [0.2, 0.25) is 0 Å². The van der Waals surface area contributed by atoms with E-state index in [-0.39, 0.29) is 12.5 Å². The number of aliphatic hydroxyl groups excluding tert-OH is 1. The molecule has 0 aliphatic carbocycles. The van der Waals surface area contributed by atoms with Gasteiger partial charge in [0.2, 0.25) is 0 Å². The lowest BCUT2D eigenvalue weighted by Crippen LogP contribution is -2.18. The summed E-state index contributed by atoms with van der Waals surface area (Å²) >= 11 is 0. The lowest BCUT2D eigenvalue weighted by atomic mass is 9.95. The summed E-state index contributed by atoms with van der Waals surface area (Å²) in [5, 5.41) is 25.6. The minimum Gasteiger partial charge on any atom is -0.478 e. The molecule has 0 fully saturated rings. The zero-order chi connectivity index (χ0) is 15.0. The average Bonchev–Trinajstić information content (AvgIpc) is 2.42. The molecule has 0 saturated carbocycles. The van der Waals surface area contributed by atoms with Crippen molar-refractivity contribution in [2.45, 2.75) is 26.2 Å². The summed E-state index contributed by atoms with van der Waals surface area (Å²) < 4.78 is 0. The Kier molecular flexibility index (Phi) is 6.67. The Balaban J connectivity index is 2.58. The van der Waals surface area contributed by atoms with Crippen LogP contribution in [0.3, 0.4) is 0 Å². The topological polar surface area (TPSA) is 81.4 Å². The number of benzene rings is 1. The van der Waals surface area contributed by atoms with Crippen LogP contribution in [0.15, 0.2) is 36.4 Å². The fraction of sp³-hybridized carbons (Fsp3) is 0.375. The zero-order valence-electron chi connectivity index (χ0n) is 11.7. The van der Waals surface area contributed by atoms with Crippen LogP contribution < -0.4 is 0 Å². The molecule has 3 N–H and O–H groups in total. The van der Waals surface area contributed by atoms with Crippen LogP contribution in [0, 0.1) is 11.3 Å². The minimum atomic E-state index is -0.940. The second kappa shape index (κ2) is 8.27. The zero-order valence-corrected chi connectivity index (χ0v) is 11.7. The molecule has 0 bridgehead atoms. The summed E-state index contributed by atoms with van der Waals surface area (Å²) in [5.74, 6) is -1.00. The van der Waals surface area contributed by atoms with E-state index in [0.29, 0.717) is 18.6 Å². The number of carbonyl (C=O) groups is 1. The van der Waals surface area contributed by atoms with Gasteiger partial charge in [0.1, 0.15) is 0 Å². The van der Waals surface area contributed by atoms with Crippen LogP contribution in [-0.4, -0.2) is 28.5 Å². The second-order valence-electron chi connectivity index (χ2n) is 4.75. The third kappa shape index (κ3) is 5.36. The molecule has 20 heavy (non-hydrogen) atoms. The van der Waals surface area contributed by atoms with Gasteiger partial charge in [-0.1, -0.05) is 37.3 Å². The largest absolute Gasteiger partial charge is 0.478 e. The van der Waals surface area contributed by atoms with Crippen molar-refractivity contribution in [1.82, 2.24) is 0 Å². The number of aliphatic hydroxyl groups is 1. The van der Waals surface area contributed by atoms with Crippen molar-refractivity contribution in [1.29, 1.82) is 5.41 Å². The fourth-order valence-electron chi connectivity index (χ4n) is 1.94. The maximum absolute atomic E-state index is 10.4. The van der Waals surface area contributed by atoms with Crippen LogP contribution in [0.25, 0.3) is 0 Å². The molecule has 0 unspecified atom stereocenters. The first-order valence-corrected chi connectivity index (χ1v) is 6.72. The van der Waals surface area contributed by atoms with Crippen molar-refractivity contribution < 1.29 is 15.0 Å². The summed E-state index contributed by atoms with van der Waals surface area (Å²) in [7, 11) is 0. The van der Waals surface area contributed by atoms with E-state index in [1.54, 1.807) is 6.08 Å². The quantitative estimate of drug-likeness (QED) is 0.503. The van der Waals surface area contributed by atoms with E-state index in [0.717, 1.165) is 23.6 Å². The molecule has 0 saturated heterocycles. The minimum absolute atomic E-state index is 0.0212. The first-order chi connectivity index (χ1) is 9.56. The summed E-state index contributed by atoms with van der Waals surface area (Å²) in [6.45, 7) is 1.99. The summed E-state index contributed by atoms with van der Waals surface area (Å²) in [6, 6.07) is 7.77. The lowest BCUT2D eigenvalue weighted by molar-refractivity contribution is -0.131. The van der Waals surface area contributed by atoms with E-state index in [4.69, 9.17) is 15.6 Å². The first kappa shape index (κ1) is 16.1. The van der Waals surface area contributed by atoms with Crippen LogP contribution in [0.4, 0.5) is 0 Å². The molecule has 1 atom stereocenters. The number of hydrogen-bond donors (Lipinski definition) is 3. The normalized spacial score (nSPS) is 12.5. The lowest BCUT2D eigenvalue weighted by Gasteiger charge is -2.13. The predicted molar refractivity (Wildman–Crippen MR) is 79.2 cm³/mol. The van der Waals surface area contributed by atoms with Crippen molar-refractivity contribution >= 4 is 11.7 Å². The van der Waals surface area contributed by atoms with Gasteiger partial charge in [-0.3, -0.25) is 0 Å². The van der Waals surface area contributed by atoms with E-state index in [1.165, 1.54) is 0 Å². The highest BCUT2D eigenvalue weighted by Gasteiger charge is 2.11. The molecule has 4 heteroatoms. The Morgan fingerprint density at radius 1 is 1.30 bits per heavy atom. The van der Waals surface area contributed by atoms with Crippen LogP contribution in [0.1, 0.15) is 24.5 Å². The Labute approximate surface area is 119 Å². The Morgan fingerprint density at radius 3 is 2.40 bits per heavy atom. The van der Waals surface area contributed by atoms with Crippen molar-refractivity contribution in [2.24, 2.45) is 5.92 Å². The Hall–Kier alpha value is -1.94. The molecule has 4 nitrogen and oxygen atoms in total. The molecule has 1 aromatic rings. The van der Waals surface area contributed by atoms with Gasteiger partial charge < -0.3 is 15.6 Å². The smallest absolute Gasteiger partial charge is 0.327 e. The predicted octanol–water partition coefficient (Wildman–Crippen LogP) is 2.45. The number of rotatable bonds is 8. The highest BCUT2D eigenvalue weighted by Crippen LogP contribution is 2.11. The number of carboxylic acids is 1. The third-order valence-corrected chi connectivity index (χ3v) is 3.24. The number of allylic oxidation sites excluding steroid dienone is 1. The fourth-order valence-corrected chi connectivity index (χ4v) is 1.94. The Bertz CT molecular complexity index is 473. The summed E-state index contributed by atoms with van der Waals surface area (Å²) in [5.41, 5.74) is 2.62. The molecule has 0 aromatic heterocycles. The van der Waals surface area contributed by atoms with Crippen molar-refractivity contribution in [2.75, 3.05) is 6.61 Å². The number of carboxylic acid groups (broad SMARTS) is 1. The van der Waals surface area contributed by atoms with Gasteiger partial charge in [0, 0.05) is 24.1 Å². The van der Waals surface area contributed by atoms with Gasteiger partial charge in [0.05, 0.1) is 6.61 Å². The van der Waals surface area contributed by atoms with Gasteiger partial charge >= 0.3 is 5.97 Å². The molecular weight excluding hydrogens is 254 g/mol. The van der Waals surface area contributed by atoms with Gasteiger partial charge in [0.15, 0.2) is 0 Å². The monoisotopic (exact) mass is 275 g/mol. The third-order valence-electron chi connectivity index (χ3n) is 3.24. The SMILES string of the molecule is CC[C@@H](CO)C(=N)Cc1ccc(C/C=C/C(=O)O)cc1. The van der Waals surface area contributed by atoms with Gasteiger partial charge in [-0.25, -0.2) is 4.79 Å². The van der Waals surface area contributed by atoms with E-state index < -0.39 is 5.97 Å². The molecule has 0 amide bonds. The van der Waals surface area contributed by atoms with Gasteiger partial charge in [-0.15, -0.1) is 0 Å². The van der Waals surface area contributed by atoms with Crippen molar-refractivity contribution in [3.8, 4) is 0 Å². The molecule has 1 aromatic carbocycles. The van der Waals surface area contributed by atoms with E-state index in [9.17, 15) is 4.79 Å². The summed E-state index contributed by atoms with van der Waals surface area (Å²) in [4.78, 5) is 10.4. The molecule has 0 heterocycles. The first-order valence-electron chi connectivity index (χ1n) is 6.72. The highest BCUT2D eigenvalue weighted by atomic mass is 16.4. The highest BCUT2D eigenvalue weighted by molar-refractivity contribution is 5.86. The van der Waals surface area contributed by atoms with Crippen molar-refractivity contribution in [3.05, 3.63) is 47.5 Å². The average molecular weight is 275 g/mol. The number of hydrogen-bond acceptors (Lipinski definition) is 3. The molecule has 0 aliphatic heterocycles. The summed E-state index contributed by atoms with van der Waals surface area (Å²) in [6.07, 6.45) is 4.64. The van der Waals surface area contributed by atoms with Crippen LogP contribution in [0.5, 0.6) is 0 Å². The van der Waals surface area contributed by atoms with Crippen molar-refractivity contribution in [3.63, 3.8) is 0 Å².